The number of hydrogen-bond acceptors (Lipinski definition) is 2. The number of nitrogens with zero attached hydrogens (tertiary/aromatic N) is 2. The van der Waals surface area contributed by atoms with E-state index in [4.69, 9.17) is 0 Å². The van der Waals surface area contributed by atoms with Gasteiger partial charge < -0.3 is 5.11 Å². The molecule has 0 aliphatic carbocycles. The van der Waals surface area contributed by atoms with E-state index in [-0.39, 0.29) is 11.4 Å². The van der Waals surface area contributed by atoms with Crippen molar-refractivity contribution >= 4 is 0 Å². The lowest BCUT2D eigenvalue weighted by Crippen LogP contribution is -2.39. The number of benzene rings is 2. The molecule has 0 fully saturated rings. The Bertz CT molecular complexity index is 825. The first-order valence-corrected chi connectivity index (χ1v) is 6.66. The summed E-state index contributed by atoms with van der Waals surface area (Å²) in [6.45, 7) is 1.62. The summed E-state index contributed by atoms with van der Waals surface area (Å²) < 4.78 is 3.13. The van der Waals surface area contributed by atoms with Crippen LogP contribution in [0.25, 0.3) is 11.4 Å². The van der Waals surface area contributed by atoms with E-state index >= 15 is 0 Å². The predicted octanol–water partition coefficient (Wildman–Crippen LogP) is 2.13. The Balaban J connectivity index is 2.29. The van der Waals surface area contributed by atoms with Crippen LogP contribution in [0.15, 0.2) is 71.8 Å². The van der Waals surface area contributed by atoms with Gasteiger partial charge in [-0.2, -0.15) is 9.13 Å². The van der Waals surface area contributed by atoms with Crippen LogP contribution in [-0.2, 0) is 0 Å². The highest BCUT2D eigenvalue weighted by Crippen LogP contribution is 2.11. The molecule has 4 nitrogen and oxygen atoms in total. The van der Waals surface area contributed by atoms with Crippen molar-refractivity contribution in [3.63, 3.8) is 0 Å². The third kappa shape index (κ3) is 2.31. The molecule has 0 atom stereocenters. The highest BCUT2D eigenvalue weighted by Gasteiger charge is 2.20. The Kier molecular flexibility index (Phi) is 3.28. The lowest BCUT2D eigenvalue weighted by Gasteiger charge is -2.07. The van der Waals surface area contributed by atoms with Crippen LogP contribution in [0.2, 0.25) is 0 Å². The minimum Gasteiger partial charge on any atom is -0.477 e. The van der Waals surface area contributed by atoms with E-state index in [2.05, 4.69) is 0 Å². The van der Waals surface area contributed by atoms with E-state index in [0.29, 0.717) is 5.56 Å². The summed E-state index contributed by atoms with van der Waals surface area (Å²) in [6.07, 6.45) is 1.61. The lowest BCUT2D eigenvalue weighted by atomic mass is 10.2. The summed E-state index contributed by atoms with van der Waals surface area (Å²) in [5.74, 6) is -0.0432. The van der Waals surface area contributed by atoms with Crippen LogP contribution in [-0.4, -0.2) is 9.67 Å². The third-order valence-electron chi connectivity index (χ3n) is 3.40. The van der Waals surface area contributed by atoms with Gasteiger partial charge in [0.15, 0.2) is 0 Å². The second kappa shape index (κ2) is 5.25. The molecule has 0 saturated carbocycles. The van der Waals surface area contributed by atoms with Gasteiger partial charge in [0.25, 0.3) is 12.2 Å². The molecular formula is C17H15N2O2+. The van der Waals surface area contributed by atoms with Gasteiger partial charge in [-0.25, -0.2) is 4.79 Å². The fraction of sp³-hybridized carbons (Fsp3) is 0.0588. The van der Waals surface area contributed by atoms with E-state index in [9.17, 15) is 9.90 Å². The number of aromatic hydroxyl groups is 1. The molecule has 0 radical (unpaired) electrons. The summed E-state index contributed by atoms with van der Waals surface area (Å²) in [5.41, 5.74) is 1.63. The summed E-state index contributed by atoms with van der Waals surface area (Å²) in [7, 11) is 0. The molecule has 0 spiro atoms. The fourth-order valence-electron chi connectivity index (χ4n) is 2.23. The molecule has 0 aliphatic heterocycles. The average Bonchev–Trinajstić information content (AvgIpc) is 2.55. The molecule has 0 amide bonds. The third-order valence-corrected chi connectivity index (χ3v) is 3.40. The number of hydrogen-bond donors (Lipinski definition) is 1. The van der Waals surface area contributed by atoms with Crippen molar-refractivity contribution in [1.82, 2.24) is 4.57 Å². The molecule has 0 unspecified atom stereocenters. The van der Waals surface area contributed by atoms with E-state index in [0.717, 1.165) is 11.4 Å². The van der Waals surface area contributed by atoms with Gasteiger partial charge in [-0.05, 0) is 31.2 Å². The molecular weight excluding hydrogens is 264 g/mol. The van der Waals surface area contributed by atoms with Crippen molar-refractivity contribution in [3.05, 3.63) is 82.9 Å². The summed E-state index contributed by atoms with van der Waals surface area (Å²) in [4.78, 5) is 12.4. The van der Waals surface area contributed by atoms with Gasteiger partial charge >= 0.3 is 5.56 Å². The van der Waals surface area contributed by atoms with Gasteiger partial charge in [-0.15, -0.1) is 0 Å². The smallest absolute Gasteiger partial charge is 0.349 e. The molecule has 0 saturated heterocycles. The van der Waals surface area contributed by atoms with Crippen molar-refractivity contribution in [2.75, 3.05) is 0 Å². The van der Waals surface area contributed by atoms with Crippen molar-refractivity contribution in [3.8, 4) is 17.3 Å². The number of para-hydroxylation sites is 2. The molecule has 0 bridgehead atoms. The average molecular weight is 279 g/mol. The van der Waals surface area contributed by atoms with Crippen LogP contribution in [0, 0.1) is 6.92 Å². The standard InChI is InChI=1S/C17H14N2O2/c1-13-16(20)18(14-8-4-2-5-9-14)12-19(17(13)21)15-10-6-3-7-11-15/h2-12H,1H3/p+1. The summed E-state index contributed by atoms with van der Waals surface area (Å²) in [5, 5.41) is 10.3. The molecule has 4 heteroatoms. The maximum atomic E-state index is 12.4. The SMILES string of the molecule is Cc1c(O)[n+](-c2ccccc2)cn(-c2ccccc2)c1=O. The van der Waals surface area contributed by atoms with Crippen molar-refractivity contribution < 1.29 is 9.67 Å². The highest BCUT2D eigenvalue weighted by atomic mass is 16.3. The van der Waals surface area contributed by atoms with Gasteiger partial charge in [-0.3, -0.25) is 0 Å². The maximum absolute atomic E-state index is 12.4. The van der Waals surface area contributed by atoms with Crippen molar-refractivity contribution in [1.29, 1.82) is 0 Å². The Labute approximate surface area is 122 Å². The van der Waals surface area contributed by atoms with Crippen LogP contribution in [0.3, 0.4) is 0 Å². The molecule has 3 rings (SSSR count). The van der Waals surface area contributed by atoms with E-state index in [1.54, 1.807) is 17.8 Å². The lowest BCUT2D eigenvalue weighted by molar-refractivity contribution is -0.609. The zero-order valence-electron chi connectivity index (χ0n) is 11.6. The Morgan fingerprint density at radius 2 is 1.52 bits per heavy atom. The Hall–Kier alpha value is -2.88. The zero-order valence-corrected chi connectivity index (χ0v) is 11.6. The van der Waals surface area contributed by atoms with Crippen LogP contribution in [0.1, 0.15) is 5.56 Å². The van der Waals surface area contributed by atoms with E-state index < -0.39 is 0 Å². The molecule has 104 valence electrons. The second-order valence-electron chi connectivity index (χ2n) is 4.78. The maximum Gasteiger partial charge on any atom is 0.349 e. The first-order chi connectivity index (χ1) is 10.2. The van der Waals surface area contributed by atoms with E-state index in [1.807, 2.05) is 60.7 Å². The largest absolute Gasteiger partial charge is 0.477 e. The number of aromatic nitrogens is 2. The number of rotatable bonds is 2. The van der Waals surface area contributed by atoms with Crippen LogP contribution in [0.5, 0.6) is 5.88 Å². The van der Waals surface area contributed by atoms with Gasteiger partial charge in [0.2, 0.25) is 0 Å². The first kappa shape index (κ1) is 13.1. The van der Waals surface area contributed by atoms with Crippen molar-refractivity contribution in [2.24, 2.45) is 0 Å². The molecule has 1 aromatic heterocycles. The van der Waals surface area contributed by atoms with Gasteiger partial charge in [0, 0.05) is 0 Å². The molecule has 1 N–H and O–H groups in total. The molecule has 0 aliphatic rings. The van der Waals surface area contributed by atoms with Crippen molar-refractivity contribution in [2.45, 2.75) is 6.92 Å². The minimum absolute atomic E-state index is 0.0432. The first-order valence-electron chi connectivity index (χ1n) is 6.66. The minimum atomic E-state index is -0.231. The quantitative estimate of drug-likeness (QED) is 0.730. The second-order valence-corrected chi connectivity index (χ2v) is 4.78. The summed E-state index contributed by atoms with van der Waals surface area (Å²) >= 11 is 0. The van der Waals surface area contributed by atoms with Gasteiger partial charge in [0.05, 0.1) is 0 Å². The molecule has 21 heavy (non-hydrogen) atoms. The molecule has 2 aromatic carbocycles. The molecule has 1 heterocycles. The van der Waals surface area contributed by atoms with Crippen LogP contribution in [0.4, 0.5) is 0 Å². The van der Waals surface area contributed by atoms with Gasteiger partial charge in [-0.1, -0.05) is 36.4 Å². The topological polar surface area (TPSA) is 46.1 Å². The Morgan fingerprint density at radius 1 is 0.952 bits per heavy atom. The van der Waals surface area contributed by atoms with E-state index in [1.165, 1.54) is 4.57 Å². The predicted molar refractivity (Wildman–Crippen MR) is 80.0 cm³/mol. The Morgan fingerprint density at radius 3 is 2.14 bits per heavy atom. The normalized spacial score (nSPS) is 10.5. The summed E-state index contributed by atoms with van der Waals surface area (Å²) in [6, 6.07) is 18.8. The van der Waals surface area contributed by atoms with Crippen LogP contribution < -0.4 is 10.1 Å². The zero-order chi connectivity index (χ0) is 14.8. The van der Waals surface area contributed by atoms with Crippen LogP contribution >= 0.6 is 0 Å². The van der Waals surface area contributed by atoms with Gasteiger partial charge in [0.1, 0.15) is 16.9 Å². The monoisotopic (exact) mass is 279 g/mol. The molecule has 3 aromatic rings. The fourth-order valence-corrected chi connectivity index (χ4v) is 2.23. The highest BCUT2D eigenvalue weighted by molar-refractivity contribution is 5.33.